The van der Waals surface area contributed by atoms with Gasteiger partial charge < -0.3 is 14.2 Å². The van der Waals surface area contributed by atoms with Crippen molar-refractivity contribution in [3.63, 3.8) is 0 Å². The molecule has 0 saturated carbocycles. The van der Waals surface area contributed by atoms with Crippen LogP contribution in [0.15, 0.2) is 36.4 Å². The average molecular weight is 449 g/mol. The lowest BCUT2D eigenvalue weighted by Gasteiger charge is -2.13. The summed E-state index contributed by atoms with van der Waals surface area (Å²) in [6, 6.07) is 13.5. The Balaban J connectivity index is 2.40. The zero-order valence-corrected chi connectivity index (χ0v) is 16.7. The molecule has 0 atom stereocenters. The minimum Gasteiger partial charge on any atom is -0.497 e. The Hall–Kier alpha value is -2.20. The molecular formula is C20H20INO3. The third-order valence-corrected chi connectivity index (χ3v) is 4.34. The molecule has 0 aliphatic rings. The largest absolute Gasteiger partial charge is 0.497 e. The van der Waals surface area contributed by atoms with Crippen molar-refractivity contribution in [1.29, 1.82) is 5.26 Å². The molecule has 5 heteroatoms. The first-order chi connectivity index (χ1) is 12.1. The highest BCUT2D eigenvalue weighted by Crippen LogP contribution is 2.35. The van der Waals surface area contributed by atoms with Crippen molar-refractivity contribution in [3.8, 4) is 23.3 Å². The van der Waals surface area contributed by atoms with Crippen molar-refractivity contribution >= 4 is 34.2 Å². The number of methoxy groups -OCH3 is 2. The highest BCUT2D eigenvalue weighted by Gasteiger charge is 2.11. The Kier molecular flexibility index (Phi) is 7.14. The van der Waals surface area contributed by atoms with Gasteiger partial charge in [0.15, 0.2) is 11.5 Å². The van der Waals surface area contributed by atoms with Gasteiger partial charge in [0.25, 0.3) is 0 Å². The van der Waals surface area contributed by atoms with Crippen LogP contribution in [0, 0.1) is 14.9 Å². The topological polar surface area (TPSA) is 51.5 Å². The first-order valence-corrected chi connectivity index (χ1v) is 8.97. The van der Waals surface area contributed by atoms with Crippen LogP contribution in [-0.2, 0) is 0 Å². The predicted molar refractivity (Wildman–Crippen MR) is 108 cm³/mol. The molecule has 0 amide bonds. The van der Waals surface area contributed by atoms with Crippen LogP contribution in [0.3, 0.4) is 0 Å². The maximum absolute atomic E-state index is 9.53. The standard InChI is InChI=1S/C20H20INO3/c1-4-9-25-20-18(21)11-14(12-19(20)24-3)10-16(13-22)15-5-7-17(23-2)8-6-15/h5-8,10-12H,4,9H2,1-3H3/b16-10+. The molecule has 2 aromatic carbocycles. The van der Waals surface area contributed by atoms with Gasteiger partial charge in [-0.05, 0) is 82.6 Å². The molecule has 130 valence electrons. The summed E-state index contributed by atoms with van der Waals surface area (Å²) in [5, 5.41) is 9.53. The van der Waals surface area contributed by atoms with E-state index in [1.165, 1.54) is 0 Å². The highest BCUT2D eigenvalue weighted by molar-refractivity contribution is 14.1. The molecule has 0 radical (unpaired) electrons. The molecule has 4 nitrogen and oxygen atoms in total. The number of halogens is 1. The predicted octanol–water partition coefficient (Wildman–Crippen LogP) is 5.16. The Labute approximate surface area is 162 Å². The molecule has 0 saturated heterocycles. The van der Waals surface area contributed by atoms with Gasteiger partial charge >= 0.3 is 0 Å². The van der Waals surface area contributed by atoms with Crippen LogP contribution in [0.2, 0.25) is 0 Å². The van der Waals surface area contributed by atoms with E-state index in [0.717, 1.165) is 32.6 Å². The lowest BCUT2D eigenvalue weighted by Crippen LogP contribution is -2.00. The summed E-state index contributed by atoms with van der Waals surface area (Å²) in [5.74, 6) is 2.17. The number of allylic oxidation sites excluding steroid dienone is 1. The van der Waals surface area contributed by atoms with Gasteiger partial charge in [-0.25, -0.2) is 0 Å². The van der Waals surface area contributed by atoms with Crippen molar-refractivity contribution in [2.45, 2.75) is 13.3 Å². The minimum absolute atomic E-state index is 0.572. The fraction of sp³-hybridized carbons (Fsp3) is 0.250. The Morgan fingerprint density at radius 3 is 2.44 bits per heavy atom. The zero-order valence-electron chi connectivity index (χ0n) is 14.5. The van der Waals surface area contributed by atoms with Crippen molar-refractivity contribution in [2.24, 2.45) is 0 Å². The summed E-state index contributed by atoms with van der Waals surface area (Å²) < 4.78 is 17.3. The number of hydrogen-bond acceptors (Lipinski definition) is 4. The molecular weight excluding hydrogens is 429 g/mol. The minimum atomic E-state index is 0.572. The van der Waals surface area contributed by atoms with Crippen LogP contribution >= 0.6 is 22.6 Å². The second-order valence-corrected chi connectivity index (χ2v) is 6.44. The van der Waals surface area contributed by atoms with Crippen LogP contribution in [-0.4, -0.2) is 20.8 Å². The first kappa shape index (κ1) is 19.1. The Morgan fingerprint density at radius 2 is 1.88 bits per heavy atom. The van der Waals surface area contributed by atoms with Crippen molar-refractivity contribution in [3.05, 3.63) is 51.1 Å². The maximum Gasteiger partial charge on any atom is 0.174 e. The normalized spacial score (nSPS) is 10.9. The number of rotatable bonds is 7. The molecule has 2 aromatic rings. The molecule has 0 unspecified atom stereocenters. The van der Waals surface area contributed by atoms with Gasteiger partial charge in [0.2, 0.25) is 0 Å². The van der Waals surface area contributed by atoms with E-state index in [9.17, 15) is 5.26 Å². The van der Waals surface area contributed by atoms with Crippen LogP contribution in [0.4, 0.5) is 0 Å². The van der Waals surface area contributed by atoms with Crippen molar-refractivity contribution in [2.75, 3.05) is 20.8 Å². The van der Waals surface area contributed by atoms with Gasteiger partial charge in [-0.2, -0.15) is 5.26 Å². The van der Waals surface area contributed by atoms with E-state index in [2.05, 4.69) is 35.6 Å². The smallest absolute Gasteiger partial charge is 0.174 e. The average Bonchev–Trinajstić information content (AvgIpc) is 2.65. The van der Waals surface area contributed by atoms with E-state index in [-0.39, 0.29) is 0 Å². The fourth-order valence-electron chi connectivity index (χ4n) is 2.28. The number of benzene rings is 2. The van der Waals surface area contributed by atoms with Gasteiger partial charge in [-0.3, -0.25) is 0 Å². The Bertz CT molecular complexity index is 792. The molecule has 0 aliphatic heterocycles. The molecule has 0 bridgehead atoms. The van der Waals surface area contributed by atoms with Crippen LogP contribution in [0.25, 0.3) is 11.6 Å². The van der Waals surface area contributed by atoms with E-state index < -0.39 is 0 Å². The lowest BCUT2D eigenvalue weighted by atomic mass is 10.0. The van der Waals surface area contributed by atoms with Crippen LogP contribution < -0.4 is 14.2 Å². The maximum atomic E-state index is 9.53. The van der Waals surface area contributed by atoms with Gasteiger partial charge in [-0.1, -0.05) is 6.92 Å². The monoisotopic (exact) mass is 449 g/mol. The molecule has 0 N–H and O–H groups in total. The number of nitrogens with zero attached hydrogens (tertiary/aromatic N) is 1. The second-order valence-electron chi connectivity index (χ2n) is 5.28. The summed E-state index contributed by atoms with van der Waals surface area (Å²) in [4.78, 5) is 0. The zero-order chi connectivity index (χ0) is 18.2. The van der Waals surface area contributed by atoms with E-state index in [4.69, 9.17) is 14.2 Å². The molecule has 25 heavy (non-hydrogen) atoms. The van der Waals surface area contributed by atoms with E-state index in [1.54, 1.807) is 14.2 Å². The Morgan fingerprint density at radius 1 is 1.16 bits per heavy atom. The number of ether oxygens (including phenoxy) is 3. The van der Waals surface area contributed by atoms with E-state index in [1.807, 2.05) is 42.5 Å². The van der Waals surface area contributed by atoms with Crippen LogP contribution in [0.1, 0.15) is 24.5 Å². The summed E-state index contributed by atoms with van der Waals surface area (Å²) >= 11 is 2.22. The molecule has 2 rings (SSSR count). The SMILES string of the molecule is CCCOc1c(I)cc(/C=C(\C#N)c2ccc(OC)cc2)cc1OC. The second kappa shape index (κ2) is 9.33. The van der Waals surface area contributed by atoms with E-state index >= 15 is 0 Å². The summed E-state index contributed by atoms with van der Waals surface area (Å²) in [6.45, 7) is 2.70. The molecule has 0 fully saturated rings. The van der Waals surface area contributed by atoms with Gasteiger partial charge in [0, 0.05) is 0 Å². The van der Waals surface area contributed by atoms with Crippen molar-refractivity contribution < 1.29 is 14.2 Å². The van der Waals surface area contributed by atoms with Gasteiger partial charge in [-0.15, -0.1) is 0 Å². The fourth-order valence-corrected chi connectivity index (χ4v) is 3.07. The quantitative estimate of drug-likeness (QED) is 0.333. The van der Waals surface area contributed by atoms with Crippen molar-refractivity contribution in [1.82, 2.24) is 0 Å². The van der Waals surface area contributed by atoms with Gasteiger partial charge in [0.1, 0.15) is 5.75 Å². The van der Waals surface area contributed by atoms with Crippen LogP contribution in [0.5, 0.6) is 17.2 Å². The molecule has 0 spiro atoms. The third kappa shape index (κ3) is 4.89. The summed E-state index contributed by atoms with van der Waals surface area (Å²) in [6.07, 6.45) is 2.77. The summed E-state index contributed by atoms with van der Waals surface area (Å²) in [5.41, 5.74) is 2.30. The molecule has 0 heterocycles. The highest BCUT2D eigenvalue weighted by atomic mass is 127. The molecule has 0 aromatic heterocycles. The number of nitriles is 1. The first-order valence-electron chi connectivity index (χ1n) is 7.89. The number of hydrogen-bond donors (Lipinski definition) is 0. The van der Waals surface area contributed by atoms with E-state index in [0.29, 0.717) is 17.9 Å². The third-order valence-electron chi connectivity index (χ3n) is 3.53. The summed E-state index contributed by atoms with van der Waals surface area (Å²) in [7, 11) is 3.23. The lowest BCUT2D eigenvalue weighted by molar-refractivity contribution is 0.292. The molecule has 0 aliphatic carbocycles. The van der Waals surface area contributed by atoms with Gasteiger partial charge in [0.05, 0.1) is 36.0 Å².